The van der Waals surface area contributed by atoms with E-state index in [4.69, 9.17) is 4.74 Å². The van der Waals surface area contributed by atoms with Crippen LogP contribution in [-0.4, -0.2) is 46.9 Å². The maximum Gasteiger partial charge on any atom is 0.306 e. The van der Waals surface area contributed by atoms with Crippen molar-refractivity contribution >= 4 is 11.9 Å². The molecule has 0 aliphatic rings. The van der Waals surface area contributed by atoms with Crippen molar-refractivity contribution < 1.29 is 24.5 Å². The number of esters is 1. The zero-order chi connectivity index (χ0) is 48.8. The van der Waals surface area contributed by atoms with Gasteiger partial charge in [0.1, 0.15) is 6.10 Å². The predicted octanol–water partition coefficient (Wildman–Crippen LogP) is 17.5. The fourth-order valence-corrected chi connectivity index (χ4v) is 8.24. The summed E-state index contributed by atoms with van der Waals surface area (Å²) in [6.45, 7) is 6.33. The molecule has 1 amide bonds. The first-order chi connectivity index (χ1) is 33.0. The third-order valence-electron chi connectivity index (χ3n) is 12.5. The number of carbonyl (C=O) groups is 2. The molecule has 0 saturated carbocycles. The number of aliphatic hydroxyl groups excluding tert-OH is 2. The van der Waals surface area contributed by atoms with E-state index >= 15 is 0 Å². The molecule has 6 heteroatoms. The van der Waals surface area contributed by atoms with E-state index in [1.54, 1.807) is 0 Å². The smallest absolute Gasteiger partial charge is 0.306 e. The second kappa shape index (κ2) is 54.0. The van der Waals surface area contributed by atoms with E-state index in [1.807, 2.05) is 0 Å². The second-order valence-electron chi connectivity index (χ2n) is 19.0. The molecule has 0 bridgehead atoms. The summed E-state index contributed by atoms with van der Waals surface area (Å²) in [4.78, 5) is 26.2. The van der Waals surface area contributed by atoms with Crippen LogP contribution in [0.1, 0.15) is 265 Å². The van der Waals surface area contributed by atoms with Gasteiger partial charge >= 0.3 is 5.97 Å². The van der Waals surface area contributed by atoms with Gasteiger partial charge in [-0.1, -0.05) is 247 Å². The molecule has 3 N–H and O–H groups in total. The Hall–Kier alpha value is -2.96. The van der Waals surface area contributed by atoms with Crippen LogP contribution in [0.2, 0.25) is 0 Å². The predicted molar refractivity (Wildman–Crippen MR) is 291 cm³/mol. The number of hydrogen-bond acceptors (Lipinski definition) is 5. The molecule has 0 saturated heterocycles. The molecule has 0 rings (SSSR count). The van der Waals surface area contributed by atoms with Gasteiger partial charge in [-0.3, -0.25) is 9.59 Å². The van der Waals surface area contributed by atoms with Crippen molar-refractivity contribution in [2.45, 2.75) is 283 Å². The molecule has 3 atom stereocenters. The minimum absolute atomic E-state index is 0.0475. The fraction of sp³-hybridized carbons (Fsp3) is 0.738. The van der Waals surface area contributed by atoms with Crippen LogP contribution in [0, 0.1) is 0 Å². The van der Waals surface area contributed by atoms with Crippen molar-refractivity contribution in [3.63, 3.8) is 0 Å². The zero-order valence-electron chi connectivity index (χ0n) is 44.0. The molecule has 0 aromatic carbocycles. The van der Waals surface area contributed by atoms with Crippen LogP contribution >= 0.6 is 0 Å². The third kappa shape index (κ3) is 49.3. The summed E-state index contributed by atoms with van der Waals surface area (Å²) >= 11 is 0. The first kappa shape index (κ1) is 64.0. The van der Waals surface area contributed by atoms with Gasteiger partial charge < -0.3 is 20.3 Å². The van der Waals surface area contributed by atoms with E-state index in [1.165, 1.54) is 109 Å². The molecule has 67 heavy (non-hydrogen) atoms. The van der Waals surface area contributed by atoms with Crippen molar-refractivity contribution in [3.8, 4) is 0 Å². The maximum absolute atomic E-state index is 13.3. The number of nitrogens with one attached hydrogen (secondary N) is 1. The summed E-state index contributed by atoms with van der Waals surface area (Å²) in [6.07, 6.45) is 70.7. The maximum atomic E-state index is 13.3. The van der Waals surface area contributed by atoms with Crippen LogP contribution in [0.4, 0.5) is 0 Å². The zero-order valence-corrected chi connectivity index (χ0v) is 44.0. The minimum Gasteiger partial charge on any atom is -0.462 e. The lowest BCUT2D eigenvalue weighted by atomic mass is 10.0. The van der Waals surface area contributed by atoms with Crippen molar-refractivity contribution in [2.75, 3.05) is 6.61 Å². The average Bonchev–Trinajstić information content (AvgIpc) is 3.32. The van der Waals surface area contributed by atoms with Crippen LogP contribution in [0.5, 0.6) is 0 Å². The molecule has 0 aromatic heterocycles. The number of hydrogen-bond donors (Lipinski definition) is 3. The highest BCUT2D eigenvalue weighted by atomic mass is 16.5. The summed E-state index contributed by atoms with van der Waals surface area (Å²) in [5.74, 6) is -0.531. The van der Waals surface area contributed by atoms with Gasteiger partial charge in [0.15, 0.2) is 0 Å². The number of aliphatic hydroxyl groups is 2. The molecule has 3 unspecified atom stereocenters. The summed E-state index contributed by atoms with van der Waals surface area (Å²) in [7, 11) is 0. The van der Waals surface area contributed by atoms with Crippen molar-refractivity contribution in [1.29, 1.82) is 0 Å². The largest absolute Gasteiger partial charge is 0.462 e. The van der Waals surface area contributed by atoms with E-state index in [9.17, 15) is 19.8 Å². The van der Waals surface area contributed by atoms with Gasteiger partial charge in [-0.25, -0.2) is 0 Å². The number of allylic oxidation sites excluding steroid dienone is 14. The summed E-state index contributed by atoms with van der Waals surface area (Å²) in [5, 5.41) is 23.9. The summed E-state index contributed by atoms with van der Waals surface area (Å²) < 4.78 is 5.93. The highest BCUT2D eigenvalue weighted by molar-refractivity contribution is 5.77. The molecular weight excluding hydrogens is 827 g/mol. The monoisotopic (exact) mass is 934 g/mol. The highest BCUT2D eigenvalue weighted by Crippen LogP contribution is 2.18. The molecule has 0 heterocycles. The van der Waals surface area contributed by atoms with Crippen molar-refractivity contribution in [1.82, 2.24) is 5.32 Å². The highest BCUT2D eigenvalue weighted by Gasteiger charge is 2.24. The van der Waals surface area contributed by atoms with Crippen LogP contribution in [0.15, 0.2) is 85.1 Å². The Balaban J connectivity index is 4.61. The van der Waals surface area contributed by atoms with Gasteiger partial charge in [-0.2, -0.15) is 0 Å². The van der Waals surface area contributed by atoms with Gasteiger partial charge in [0.25, 0.3) is 0 Å². The SMILES string of the molecule is CC/C=C/C=C/C=C/CCCCCCCC(CC(=O)NC(CO)C(O)CCCCCCCCCCCCCCCCCC)OC(=O)CCCCC/C=C\C/C=C\C/C=C\C/C=C\CCCCC. The lowest BCUT2D eigenvalue weighted by Gasteiger charge is -2.24. The lowest BCUT2D eigenvalue weighted by Crippen LogP contribution is -2.46. The van der Waals surface area contributed by atoms with Crippen LogP contribution in [0.3, 0.4) is 0 Å². The molecule has 0 spiro atoms. The Morgan fingerprint density at radius 3 is 1.37 bits per heavy atom. The second-order valence-corrected chi connectivity index (χ2v) is 19.0. The van der Waals surface area contributed by atoms with E-state index < -0.39 is 18.2 Å². The molecule has 386 valence electrons. The number of ether oxygens (including phenoxy) is 1. The first-order valence-corrected chi connectivity index (χ1v) is 28.3. The van der Waals surface area contributed by atoms with Gasteiger partial charge in [0.05, 0.1) is 25.2 Å². The van der Waals surface area contributed by atoms with Crippen LogP contribution < -0.4 is 5.32 Å². The standard InChI is InChI=1S/C61H107NO5/c1-4-7-10-13-16-19-22-25-27-29-30-31-33-36-39-42-45-48-51-54-61(66)67-57(52-49-46-43-40-37-34-24-21-18-15-12-9-6-3)55-60(65)62-58(56-63)59(64)53-50-47-44-41-38-35-32-28-26-23-20-17-14-11-8-5-2/h9,12,15-16,18-19,21,24-25,27,30-31,36,39,57-59,63-64H,4-8,10-11,13-14,17,20,22-23,26,28-29,32-35,37-38,40-56H2,1-3H3,(H,62,65)/b12-9+,18-15+,19-16-,24-21+,27-25-,31-30-,39-36-. The molecule has 0 aliphatic heterocycles. The Morgan fingerprint density at radius 1 is 0.463 bits per heavy atom. The van der Waals surface area contributed by atoms with E-state index in [0.29, 0.717) is 19.3 Å². The topological polar surface area (TPSA) is 95.9 Å². The Bertz CT molecular complexity index is 1280. The average molecular weight is 935 g/mol. The number of amides is 1. The first-order valence-electron chi connectivity index (χ1n) is 28.3. The van der Waals surface area contributed by atoms with Gasteiger partial charge in [0, 0.05) is 6.42 Å². The van der Waals surface area contributed by atoms with Crippen LogP contribution in [-0.2, 0) is 14.3 Å². The quantitative estimate of drug-likeness (QED) is 0.0244. The number of carbonyl (C=O) groups excluding carboxylic acids is 2. The Kier molecular flexibility index (Phi) is 51.6. The van der Waals surface area contributed by atoms with Gasteiger partial charge in [0.2, 0.25) is 5.91 Å². The molecule has 0 fully saturated rings. The molecule has 0 aromatic rings. The number of unbranched alkanes of at least 4 members (excludes halogenated alkanes) is 26. The van der Waals surface area contributed by atoms with Crippen molar-refractivity contribution in [3.05, 3.63) is 85.1 Å². The third-order valence-corrected chi connectivity index (χ3v) is 12.5. The van der Waals surface area contributed by atoms with E-state index in [0.717, 1.165) is 109 Å². The number of rotatable bonds is 50. The lowest BCUT2D eigenvalue weighted by molar-refractivity contribution is -0.151. The fourth-order valence-electron chi connectivity index (χ4n) is 8.24. The van der Waals surface area contributed by atoms with Gasteiger partial charge in [-0.05, 0) is 89.9 Å². The van der Waals surface area contributed by atoms with E-state index in [-0.39, 0.29) is 24.9 Å². The normalized spacial score (nSPS) is 13.8. The van der Waals surface area contributed by atoms with Gasteiger partial charge in [-0.15, -0.1) is 0 Å². The molecule has 0 radical (unpaired) electrons. The molecule has 0 aliphatic carbocycles. The Morgan fingerprint density at radius 2 is 0.866 bits per heavy atom. The Labute approximate surface area is 414 Å². The summed E-state index contributed by atoms with van der Waals surface area (Å²) in [5.41, 5.74) is 0. The van der Waals surface area contributed by atoms with Crippen molar-refractivity contribution in [2.24, 2.45) is 0 Å². The van der Waals surface area contributed by atoms with E-state index in [2.05, 4.69) is 111 Å². The summed E-state index contributed by atoms with van der Waals surface area (Å²) in [6, 6.07) is -0.720. The molecule has 6 nitrogen and oxygen atoms in total. The minimum atomic E-state index is -0.804. The molecular formula is C61H107NO5. The van der Waals surface area contributed by atoms with Crippen LogP contribution in [0.25, 0.3) is 0 Å².